The highest BCUT2D eigenvalue weighted by Gasteiger charge is 2.22. The van der Waals surface area contributed by atoms with Crippen LogP contribution in [-0.4, -0.2) is 56.5 Å². The molecule has 0 spiro atoms. The minimum atomic E-state index is -0.274. The molecule has 0 atom stereocenters. The van der Waals surface area contributed by atoms with Crippen molar-refractivity contribution < 1.29 is 19.0 Å². The number of methoxy groups -OCH3 is 3. The molecule has 1 aromatic carbocycles. The molecular formula is C19H25N5O4. The van der Waals surface area contributed by atoms with Crippen molar-refractivity contribution in [2.75, 3.05) is 44.6 Å². The van der Waals surface area contributed by atoms with Crippen LogP contribution in [0.2, 0.25) is 0 Å². The predicted octanol–water partition coefficient (Wildman–Crippen LogP) is 2.29. The van der Waals surface area contributed by atoms with E-state index in [0.717, 1.165) is 31.9 Å². The second kappa shape index (κ2) is 9.12. The summed E-state index contributed by atoms with van der Waals surface area (Å²) in [5.41, 5.74) is 0.558. The molecule has 1 aromatic heterocycles. The fourth-order valence-electron chi connectivity index (χ4n) is 3.18. The first-order valence-corrected chi connectivity index (χ1v) is 9.04. The Bertz CT molecular complexity index is 769. The van der Waals surface area contributed by atoms with Gasteiger partial charge in [-0.25, -0.2) is 14.8 Å². The standard InChI is InChI=1S/C19H25N5O4/c1-26-15-11-14(12-16(27-2)17(15)28-3)23-19(25)22-13-5-9-24(10-6-13)18-20-7-4-8-21-18/h4,7-8,11-13H,5-6,9-10H2,1-3H3,(H2,22,23,25). The summed E-state index contributed by atoms with van der Waals surface area (Å²) in [5.74, 6) is 2.16. The second-order valence-corrected chi connectivity index (χ2v) is 6.32. The molecule has 2 aromatic rings. The molecule has 0 bridgehead atoms. The second-order valence-electron chi connectivity index (χ2n) is 6.32. The number of anilines is 2. The maximum absolute atomic E-state index is 12.4. The molecule has 0 radical (unpaired) electrons. The Balaban J connectivity index is 1.56. The number of amides is 2. The zero-order valence-electron chi connectivity index (χ0n) is 16.3. The number of nitrogens with one attached hydrogen (secondary N) is 2. The largest absolute Gasteiger partial charge is 0.493 e. The molecule has 1 aliphatic heterocycles. The maximum atomic E-state index is 12.4. The van der Waals surface area contributed by atoms with E-state index in [-0.39, 0.29) is 12.1 Å². The van der Waals surface area contributed by atoms with Crippen LogP contribution >= 0.6 is 0 Å². The first-order chi connectivity index (χ1) is 13.6. The van der Waals surface area contributed by atoms with Gasteiger partial charge in [0.2, 0.25) is 11.7 Å². The zero-order valence-corrected chi connectivity index (χ0v) is 16.3. The molecule has 1 fully saturated rings. The fourth-order valence-corrected chi connectivity index (χ4v) is 3.18. The van der Waals surface area contributed by atoms with Crippen molar-refractivity contribution in [1.29, 1.82) is 0 Å². The molecule has 0 unspecified atom stereocenters. The number of carbonyl (C=O) groups excluding carboxylic acids is 1. The molecule has 28 heavy (non-hydrogen) atoms. The van der Waals surface area contributed by atoms with E-state index in [1.807, 2.05) is 0 Å². The molecule has 0 aliphatic carbocycles. The summed E-state index contributed by atoms with van der Waals surface area (Å²) in [7, 11) is 4.60. The van der Waals surface area contributed by atoms with Crippen LogP contribution in [0.4, 0.5) is 16.4 Å². The Morgan fingerprint density at radius 1 is 1.04 bits per heavy atom. The summed E-state index contributed by atoms with van der Waals surface area (Å²) < 4.78 is 15.9. The van der Waals surface area contributed by atoms with Gasteiger partial charge in [0.25, 0.3) is 0 Å². The third-order valence-corrected chi connectivity index (χ3v) is 4.59. The first-order valence-electron chi connectivity index (χ1n) is 9.04. The van der Waals surface area contributed by atoms with E-state index in [1.54, 1.807) is 30.6 Å². The van der Waals surface area contributed by atoms with Crippen LogP contribution in [0.15, 0.2) is 30.6 Å². The molecule has 1 aliphatic rings. The highest BCUT2D eigenvalue weighted by atomic mass is 16.5. The number of ether oxygens (including phenoxy) is 3. The first kappa shape index (κ1) is 19.5. The van der Waals surface area contributed by atoms with Crippen LogP contribution in [0.3, 0.4) is 0 Å². The van der Waals surface area contributed by atoms with Gasteiger partial charge in [-0.05, 0) is 18.9 Å². The maximum Gasteiger partial charge on any atom is 0.319 e. The Labute approximate surface area is 164 Å². The molecule has 3 rings (SSSR count). The minimum Gasteiger partial charge on any atom is -0.493 e. The lowest BCUT2D eigenvalue weighted by Crippen LogP contribution is -2.46. The van der Waals surface area contributed by atoms with Gasteiger partial charge in [0.05, 0.1) is 27.0 Å². The lowest BCUT2D eigenvalue weighted by atomic mass is 10.1. The van der Waals surface area contributed by atoms with E-state index >= 15 is 0 Å². The molecule has 2 heterocycles. The summed E-state index contributed by atoms with van der Waals surface area (Å²) in [5, 5.41) is 5.84. The van der Waals surface area contributed by atoms with Crippen LogP contribution in [0.25, 0.3) is 0 Å². The topological polar surface area (TPSA) is 97.8 Å². The number of aromatic nitrogens is 2. The van der Waals surface area contributed by atoms with Gasteiger partial charge in [0, 0.05) is 43.7 Å². The third kappa shape index (κ3) is 4.54. The van der Waals surface area contributed by atoms with Crippen molar-refractivity contribution >= 4 is 17.7 Å². The molecule has 0 saturated carbocycles. The highest BCUT2D eigenvalue weighted by molar-refractivity contribution is 5.90. The fraction of sp³-hybridized carbons (Fsp3) is 0.421. The number of urea groups is 1. The number of carbonyl (C=O) groups is 1. The monoisotopic (exact) mass is 387 g/mol. The molecule has 150 valence electrons. The van der Waals surface area contributed by atoms with Gasteiger partial charge in [-0.1, -0.05) is 0 Å². The van der Waals surface area contributed by atoms with E-state index in [1.165, 1.54) is 21.3 Å². The van der Waals surface area contributed by atoms with Gasteiger partial charge >= 0.3 is 6.03 Å². The van der Waals surface area contributed by atoms with E-state index < -0.39 is 0 Å². The van der Waals surface area contributed by atoms with Crippen LogP contribution in [-0.2, 0) is 0 Å². The van der Waals surface area contributed by atoms with E-state index in [2.05, 4.69) is 25.5 Å². The Hall–Kier alpha value is -3.23. The van der Waals surface area contributed by atoms with Crippen LogP contribution in [0, 0.1) is 0 Å². The van der Waals surface area contributed by atoms with Gasteiger partial charge in [-0.15, -0.1) is 0 Å². The van der Waals surface area contributed by atoms with E-state index in [4.69, 9.17) is 14.2 Å². The van der Waals surface area contributed by atoms with E-state index in [9.17, 15) is 4.79 Å². The Morgan fingerprint density at radius 3 is 2.18 bits per heavy atom. The van der Waals surface area contributed by atoms with Gasteiger partial charge in [-0.2, -0.15) is 0 Å². The number of piperidine rings is 1. The summed E-state index contributed by atoms with van der Waals surface area (Å²) in [6.07, 6.45) is 5.11. The summed E-state index contributed by atoms with van der Waals surface area (Å²) in [4.78, 5) is 23.1. The normalized spacial score (nSPS) is 14.3. The quantitative estimate of drug-likeness (QED) is 0.785. The van der Waals surface area contributed by atoms with Crippen LogP contribution in [0.5, 0.6) is 17.2 Å². The van der Waals surface area contributed by atoms with Crippen molar-refractivity contribution in [2.24, 2.45) is 0 Å². The van der Waals surface area contributed by atoms with Crippen molar-refractivity contribution in [3.8, 4) is 17.2 Å². The van der Waals surface area contributed by atoms with E-state index in [0.29, 0.717) is 22.9 Å². The lowest BCUT2D eigenvalue weighted by Gasteiger charge is -2.32. The number of hydrogen-bond donors (Lipinski definition) is 2. The molecule has 9 nitrogen and oxygen atoms in total. The molecule has 2 N–H and O–H groups in total. The summed E-state index contributed by atoms with van der Waals surface area (Å²) >= 11 is 0. The molecule has 2 amide bonds. The average molecular weight is 387 g/mol. The van der Waals surface area contributed by atoms with Crippen LogP contribution in [0.1, 0.15) is 12.8 Å². The van der Waals surface area contributed by atoms with Crippen molar-refractivity contribution in [3.05, 3.63) is 30.6 Å². The van der Waals surface area contributed by atoms with Gasteiger partial charge in [0.1, 0.15) is 0 Å². The zero-order chi connectivity index (χ0) is 19.9. The predicted molar refractivity (Wildman–Crippen MR) is 106 cm³/mol. The molecular weight excluding hydrogens is 362 g/mol. The minimum absolute atomic E-state index is 0.0852. The molecule has 1 saturated heterocycles. The van der Waals surface area contributed by atoms with Crippen LogP contribution < -0.4 is 29.7 Å². The summed E-state index contributed by atoms with van der Waals surface area (Å²) in [6, 6.07) is 4.99. The Kier molecular flexibility index (Phi) is 6.36. The lowest BCUT2D eigenvalue weighted by molar-refractivity contribution is 0.246. The number of benzene rings is 1. The van der Waals surface area contributed by atoms with Gasteiger partial charge in [0.15, 0.2) is 11.5 Å². The summed E-state index contributed by atoms with van der Waals surface area (Å²) in [6.45, 7) is 1.58. The Morgan fingerprint density at radius 2 is 1.64 bits per heavy atom. The van der Waals surface area contributed by atoms with Gasteiger partial charge in [-0.3, -0.25) is 0 Å². The SMILES string of the molecule is COc1cc(NC(=O)NC2CCN(c3ncccn3)CC2)cc(OC)c1OC. The third-order valence-electron chi connectivity index (χ3n) is 4.59. The number of rotatable bonds is 6. The number of hydrogen-bond acceptors (Lipinski definition) is 7. The number of nitrogens with zero attached hydrogens (tertiary/aromatic N) is 3. The van der Waals surface area contributed by atoms with Gasteiger partial charge < -0.3 is 29.7 Å². The van der Waals surface area contributed by atoms with Crippen molar-refractivity contribution in [3.63, 3.8) is 0 Å². The molecule has 9 heteroatoms. The van der Waals surface area contributed by atoms with Crippen molar-refractivity contribution in [1.82, 2.24) is 15.3 Å². The van der Waals surface area contributed by atoms with Crippen molar-refractivity contribution in [2.45, 2.75) is 18.9 Å². The average Bonchev–Trinajstić information content (AvgIpc) is 2.74. The highest BCUT2D eigenvalue weighted by Crippen LogP contribution is 2.39. The smallest absolute Gasteiger partial charge is 0.319 e.